The number of hydrogen-bond acceptors (Lipinski definition) is 7. The summed E-state index contributed by atoms with van der Waals surface area (Å²) >= 11 is 0. The maximum Gasteiger partial charge on any atom is 0.245 e. The Hall–Kier alpha value is -2.57. The van der Waals surface area contributed by atoms with Crippen molar-refractivity contribution in [2.45, 2.75) is 32.1 Å². The predicted octanol–water partition coefficient (Wildman–Crippen LogP) is 3.58. The van der Waals surface area contributed by atoms with E-state index in [4.69, 9.17) is 19.2 Å². The third-order valence-corrected chi connectivity index (χ3v) is 6.08. The number of piperidine rings is 1. The van der Waals surface area contributed by atoms with Crippen LogP contribution in [0.4, 0.5) is 5.95 Å². The highest BCUT2D eigenvalue weighted by Gasteiger charge is 2.32. The molecule has 150 valence electrons. The van der Waals surface area contributed by atoms with Gasteiger partial charge in [-0.2, -0.15) is 5.10 Å². The molecule has 1 aliphatic heterocycles. The van der Waals surface area contributed by atoms with Crippen LogP contribution in [0, 0.1) is 11.8 Å². The minimum atomic E-state index is 0.565. The zero-order chi connectivity index (χ0) is 19.5. The normalized spacial score (nSPS) is 21.8. The summed E-state index contributed by atoms with van der Waals surface area (Å²) in [5.41, 5.74) is 1.60. The molecule has 7 heteroatoms. The lowest BCUT2D eigenvalue weighted by Crippen LogP contribution is -2.42. The summed E-state index contributed by atoms with van der Waals surface area (Å²) in [6.07, 6.45) is 8.33. The van der Waals surface area contributed by atoms with Crippen LogP contribution < -0.4 is 19.1 Å². The number of anilines is 1. The number of methoxy groups -OCH3 is 3. The van der Waals surface area contributed by atoms with Crippen LogP contribution in [-0.4, -0.2) is 49.6 Å². The van der Waals surface area contributed by atoms with E-state index in [1.54, 1.807) is 27.5 Å². The number of rotatable bonds is 5. The molecule has 1 saturated heterocycles. The Bertz CT molecular complexity index is 804. The largest absolute Gasteiger partial charge is 0.493 e. The van der Waals surface area contributed by atoms with Gasteiger partial charge in [0.05, 0.1) is 33.2 Å². The highest BCUT2D eigenvalue weighted by Crippen LogP contribution is 2.41. The lowest BCUT2D eigenvalue weighted by atomic mass is 9.75. The first-order valence-corrected chi connectivity index (χ1v) is 9.98. The number of hydrogen-bond donors (Lipinski definition) is 0. The fourth-order valence-corrected chi connectivity index (χ4v) is 4.58. The fourth-order valence-electron chi connectivity index (χ4n) is 4.58. The first kappa shape index (κ1) is 18.8. The Kier molecular flexibility index (Phi) is 5.50. The van der Waals surface area contributed by atoms with Crippen LogP contribution >= 0.6 is 0 Å². The van der Waals surface area contributed by atoms with Gasteiger partial charge in [-0.25, -0.2) is 4.98 Å². The second kappa shape index (κ2) is 8.20. The van der Waals surface area contributed by atoms with E-state index < -0.39 is 0 Å². The van der Waals surface area contributed by atoms with Gasteiger partial charge in [0.25, 0.3) is 0 Å². The lowest BCUT2D eigenvalue weighted by Gasteiger charge is -2.41. The molecule has 2 aromatic rings. The molecule has 0 amide bonds. The molecule has 2 aliphatic rings. The molecule has 7 nitrogen and oxygen atoms in total. The molecule has 0 N–H and O–H groups in total. The van der Waals surface area contributed by atoms with Crippen molar-refractivity contribution in [1.82, 2.24) is 15.2 Å². The third-order valence-electron chi connectivity index (χ3n) is 6.08. The Morgan fingerprint density at radius 3 is 2.32 bits per heavy atom. The molecule has 2 heterocycles. The van der Waals surface area contributed by atoms with Crippen LogP contribution in [-0.2, 0) is 0 Å². The van der Waals surface area contributed by atoms with E-state index in [0.717, 1.165) is 36.2 Å². The summed E-state index contributed by atoms with van der Waals surface area (Å²) in [6.45, 7) is 2.03. The van der Waals surface area contributed by atoms with Crippen molar-refractivity contribution < 1.29 is 14.2 Å². The zero-order valence-corrected chi connectivity index (χ0v) is 16.9. The van der Waals surface area contributed by atoms with Gasteiger partial charge in [-0.05, 0) is 36.8 Å². The minimum Gasteiger partial charge on any atom is -0.493 e. The summed E-state index contributed by atoms with van der Waals surface area (Å²) in [6, 6.07) is 3.78. The van der Waals surface area contributed by atoms with Crippen molar-refractivity contribution in [3.63, 3.8) is 0 Å². The first-order chi connectivity index (χ1) is 13.7. The highest BCUT2D eigenvalue weighted by atomic mass is 16.5. The average molecular weight is 384 g/mol. The quantitative estimate of drug-likeness (QED) is 0.780. The molecule has 2 atom stereocenters. The fraction of sp³-hybridized carbons (Fsp3) is 0.571. The van der Waals surface area contributed by atoms with Gasteiger partial charge < -0.3 is 19.1 Å². The van der Waals surface area contributed by atoms with Gasteiger partial charge in [-0.3, -0.25) is 0 Å². The Balaban J connectivity index is 1.62. The monoisotopic (exact) mass is 384 g/mol. The Morgan fingerprint density at radius 2 is 1.64 bits per heavy atom. The SMILES string of the molecule is COc1cc(-c2cnnc(N3CC[C@@H]4CCCC[C@H]4C3)n2)cc(OC)c1OC. The summed E-state index contributed by atoms with van der Waals surface area (Å²) in [4.78, 5) is 7.10. The molecule has 0 unspecified atom stereocenters. The number of fused-ring (bicyclic) bond motifs is 1. The van der Waals surface area contributed by atoms with E-state index in [1.165, 1.54) is 32.1 Å². The van der Waals surface area contributed by atoms with Crippen LogP contribution in [0.25, 0.3) is 11.3 Å². The van der Waals surface area contributed by atoms with Crippen molar-refractivity contribution >= 4 is 5.95 Å². The number of ether oxygens (including phenoxy) is 3. The molecular weight excluding hydrogens is 356 g/mol. The van der Waals surface area contributed by atoms with Gasteiger partial charge in [0.15, 0.2) is 11.5 Å². The second-order valence-corrected chi connectivity index (χ2v) is 7.59. The molecule has 1 aromatic heterocycles. The molecule has 4 rings (SSSR count). The van der Waals surface area contributed by atoms with Crippen molar-refractivity contribution in [2.75, 3.05) is 39.3 Å². The van der Waals surface area contributed by atoms with Gasteiger partial charge in [0, 0.05) is 18.7 Å². The number of aromatic nitrogens is 3. The molecular formula is C21H28N4O3. The van der Waals surface area contributed by atoms with Crippen LogP contribution in [0.2, 0.25) is 0 Å². The van der Waals surface area contributed by atoms with E-state index in [1.807, 2.05) is 12.1 Å². The number of nitrogens with zero attached hydrogens (tertiary/aromatic N) is 4. The summed E-state index contributed by atoms with van der Waals surface area (Å²) in [7, 11) is 4.82. The lowest BCUT2D eigenvalue weighted by molar-refractivity contribution is 0.201. The van der Waals surface area contributed by atoms with Crippen molar-refractivity contribution in [3.05, 3.63) is 18.3 Å². The van der Waals surface area contributed by atoms with Crippen LogP contribution in [0.5, 0.6) is 17.2 Å². The summed E-state index contributed by atoms with van der Waals surface area (Å²) in [5, 5.41) is 8.55. The zero-order valence-electron chi connectivity index (χ0n) is 16.9. The summed E-state index contributed by atoms with van der Waals surface area (Å²) in [5.74, 6) is 4.10. The molecule has 2 fully saturated rings. The average Bonchev–Trinajstić information content (AvgIpc) is 2.77. The molecule has 1 aromatic carbocycles. The van der Waals surface area contributed by atoms with Gasteiger partial charge in [0.1, 0.15) is 0 Å². The first-order valence-electron chi connectivity index (χ1n) is 9.98. The van der Waals surface area contributed by atoms with Crippen LogP contribution in [0.15, 0.2) is 18.3 Å². The maximum absolute atomic E-state index is 5.47. The van der Waals surface area contributed by atoms with E-state index in [0.29, 0.717) is 23.2 Å². The summed E-state index contributed by atoms with van der Waals surface area (Å²) < 4.78 is 16.3. The molecule has 1 aliphatic carbocycles. The molecule has 0 bridgehead atoms. The molecule has 1 saturated carbocycles. The van der Waals surface area contributed by atoms with Gasteiger partial charge in [0.2, 0.25) is 11.7 Å². The van der Waals surface area contributed by atoms with Crippen molar-refractivity contribution in [3.8, 4) is 28.5 Å². The van der Waals surface area contributed by atoms with Crippen molar-refractivity contribution in [1.29, 1.82) is 0 Å². The molecule has 0 radical (unpaired) electrons. The molecule has 28 heavy (non-hydrogen) atoms. The molecule has 0 spiro atoms. The Labute approximate surface area is 166 Å². The topological polar surface area (TPSA) is 69.6 Å². The predicted molar refractivity (Wildman–Crippen MR) is 107 cm³/mol. The number of benzene rings is 1. The minimum absolute atomic E-state index is 0.565. The van der Waals surface area contributed by atoms with Crippen LogP contribution in [0.1, 0.15) is 32.1 Å². The van der Waals surface area contributed by atoms with E-state index >= 15 is 0 Å². The van der Waals surface area contributed by atoms with Crippen LogP contribution in [0.3, 0.4) is 0 Å². The second-order valence-electron chi connectivity index (χ2n) is 7.59. The van der Waals surface area contributed by atoms with Crippen molar-refractivity contribution in [2.24, 2.45) is 11.8 Å². The smallest absolute Gasteiger partial charge is 0.245 e. The maximum atomic E-state index is 5.47. The van der Waals surface area contributed by atoms with E-state index in [2.05, 4.69) is 15.1 Å². The Morgan fingerprint density at radius 1 is 0.929 bits per heavy atom. The highest BCUT2D eigenvalue weighted by molar-refractivity contribution is 5.68. The van der Waals surface area contributed by atoms with E-state index in [-0.39, 0.29) is 0 Å². The van der Waals surface area contributed by atoms with Gasteiger partial charge in [-0.15, -0.1) is 5.10 Å². The third kappa shape index (κ3) is 3.57. The van der Waals surface area contributed by atoms with Gasteiger partial charge in [-0.1, -0.05) is 19.3 Å². The standard InChI is InChI=1S/C21H28N4O3/c1-26-18-10-16(11-19(27-2)20(18)28-3)17-12-22-24-21(23-17)25-9-8-14-6-4-5-7-15(14)13-25/h10-12,14-15H,4-9,13H2,1-3H3/t14-,15-/m0/s1. The van der Waals surface area contributed by atoms with Gasteiger partial charge >= 0.3 is 0 Å². The van der Waals surface area contributed by atoms with E-state index in [9.17, 15) is 0 Å².